The highest BCUT2D eigenvalue weighted by atomic mass is 79.9. The molecule has 1 fully saturated rings. The van der Waals surface area contributed by atoms with E-state index in [9.17, 15) is 0 Å². The number of nitrogens with zero attached hydrogens (tertiary/aromatic N) is 3. The van der Waals surface area contributed by atoms with Gasteiger partial charge >= 0.3 is 0 Å². The van der Waals surface area contributed by atoms with Gasteiger partial charge in [-0.1, -0.05) is 39.0 Å². The normalized spacial score (nSPS) is 14.4. The quantitative estimate of drug-likeness (QED) is 0.820. The van der Waals surface area contributed by atoms with Crippen LogP contribution < -0.4 is 10.2 Å². The highest BCUT2D eigenvalue weighted by Gasteiger charge is 2.20. The molecule has 1 N–H and O–H groups in total. The lowest BCUT2D eigenvalue weighted by Crippen LogP contribution is -2.15. The van der Waals surface area contributed by atoms with Crippen molar-refractivity contribution in [2.45, 2.75) is 34.7 Å². The van der Waals surface area contributed by atoms with Crippen molar-refractivity contribution in [3.63, 3.8) is 0 Å². The van der Waals surface area contributed by atoms with Gasteiger partial charge in [-0.2, -0.15) is 0 Å². The van der Waals surface area contributed by atoms with E-state index >= 15 is 0 Å². The summed E-state index contributed by atoms with van der Waals surface area (Å²) >= 11 is 6.87. The second-order valence-electron chi connectivity index (χ2n) is 5.25. The molecule has 1 saturated carbocycles. The summed E-state index contributed by atoms with van der Waals surface area (Å²) in [6.45, 7) is 0.909. The van der Waals surface area contributed by atoms with Gasteiger partial charge in [0.25, 0.3) is 0 Å². The van der Waals surface area contributed by atoms with E-state index in [4.69, 9.17) is 0 Å². The first-order valence-corrected chi connectivity index (χ1v) is 9.25. The molecule has 1 aliphatic carbocycles. The van der Waals surface area contributed by atoms with Crippen molar-refractivity contribution in [1.82, 2.24) is 15.5 Å². The number of halogens is 1. The van der Waals surface area contributed by atoms with Gasteiger partial charge in [-0.15, -0.1) is 10.2 Å². The van der Waals surface area contributed by atoms with Gasteiger partial charge < -0.3 is 10.2 Å². The molecule has 0 saturated heterocycles. The fraction of sp³-hybridized carbons (Fsp3) is 0.429. The molecule has 0 bridgehead atoms. The summed E-state index contributed by atoms with van der Waals surface area (Å²) in [4.78, 5) is 3.23. The summed E-state index contributed by atoms with van der Waals surface area (Å²) in [6.07, 6.45) is 2.61. The number of hydrogen-bond donors (Lipinski definition) is 1. The van der Waals surface area contributed by atoms with Crippen LogP contribution in [-0.2, 0) is 6.54 Å². The maximum absolute atomic E-state index is 4.26. The lowest BCUT2D eigenvalue weighted by molar-refractivity contribution is 0.680. The Morgan fingerprint density at radius 3 is 2.86 bits per heavy atom. The van der Waals surface area contributed by atoms with Crippen molar-refractivity contribution >= 4 is 44.2 Å². The van der Waals surface area contributed by atoms with Crippen molar-refractivity contribution in [2.75, 3.05) is 19.0 Å². The molecule has 1 aromatic heterocycles. The molecule has 0 unspecified atom stereocenters. The number of nitrogens with one attached hydrogen (secondary N) is 1. The van der Waals surface area contributed by atoms with E-state index in [0.717, 1.165) is 20.5 Å². The first-order valence-electron chi connectivity index (χ1n) is 6.82. The van der Waals surface area contributed by atoms with Crippen molar-refractivity contribution in [3.05, 3.63) is 28.2 Å². The molecule has 4 nitrogen and oxygen atoms in total. The molecule has 3 rings (SSSR count). The Bertz CT molecular complexity index is 625. The SMILES string of the molecule is CN(C)c1nnc(Sc2ccc(Br)cc2CNC2CC2)s1. The Morgan fingerprint density at radius 1 is 1.38 bits per heavy atom. The van der Waals surface area contributed by atoms with Crippen LogP contribution in [0.4, 0.5) is 5.13 Å². The monoisotopic (exact) mass is 384 g/mol. The average Bonchev–Trinajstić information content (AvgIpc) is 3.16. The van der Waals surface area contributed by atoms with Crippen LogP contribution in [0.2, 0.25) is 0 Å². The molecule has 0 amide bonds. The van der Waals surface area contributed by atoms with Crippen LogP contribution in [-0.4, -0.2) is 30.3 Å². The van der Waals surface area contributed by atoms with Crippen LogP contribution in [0.25, 0.3) is 0 Å². The molecule has 0 atom stereocenters. The predicted molar refractivity (Wildman–Crippen MR) is 92.4 cm³/mol. The van der Waals surface area contributed by atoms with Gasteiger partial charge in [-0.25, -0.2) is 0 Å². The van der Waals surface area contributed by atoms with Gasteiger partial charge in [0.05, 0.1) is 0 Å². The van der Waals surface area contributed by atoms with E-state index in [0.29, 0.717) is 6.04 Å². The number of rotatable bonds is 6. The Labute approximate surface area is 141 Å². The van der Waals surface area contributed by atoms with E-state index in [1.165, 1.54) is 23.3 Å². The largest absolute Gasteiger partial charge is 0.353 e. The summed E-state index contributed by atoms with van der Waals surface area (Å²) in [6, 6.07) is 7.13. The summed E-state index contributed by atoms with van der Waals surface area (Å²) in [5.41, 5.74) is 1.31. The minimum Gasteiger partial charge on any atom is -0.353 e. The Balaban J connectivity index is 1.75. The maximum atomic E-state index is 4.26. The fourth-order valence-corrected chi connectivity index (χ4v) is 4.08. The number of anilines is 1. The van der Waals surface area contributed by atoms with Crippen LogP contribution in [0.5, 0.6) is 0 Å². The molecule has 112 valence electrons. The summed E-state index contributed by atoms with van der Waals surface area (Å²) in [7, 11) is 3.97. The van der Waals surface area contributed by atoms with Gasteiger partial charge in [0, 0.05) is 36.1 Å². The van der Waals surface area contributed by atoms with Gasteiger partial charge in [0.1, 0.15) is 0 Å². The van der Waals surface area contributed by atoms with E-state index in [-0.39, 0.29) is 0 Å². The standard InChI is InChI=1S/C14H17BrN4S2/c1-19(2)13-17-18-14(21-13)20-12-6-3-10(15)7-9(12)8-16-11-4-5-11/h3,6-7,11,16H,4-5,8H2,1-2H3. The van der Waals surface area contributed by atoms with E-state index in [2.05, 4.69) is 49.6 Å². The van der Waals surface area contributed by atoms with Crippen LogP contribution >= 0.6 is 39.0 Å². The second-order valence-corrected chi connectivity index (χ2v) is 8.41. The van der Waals surface area contributed by atoms with Gasteiger partial charge in [0.15, 0.2) is 4.34 Å². The predicted octanol–water partition coefficient (Wildman–Crippen LogP) is 3.77. The molecule has 21 heavy (non-hydrogen) atoms. The van der Waals surface area contributed by atoms with Gasteiger partial charge in [-0.3, -0.25) is 0 Å². The lowest BCUT2D eigenvalue weighted by Gasteiger charge is -2.09. The van der Waals surface area contributed by atoms with Crippen molar-refractivity contribution in [1.29, 1.82) is 0 Å². The minimum atomic E-state index is 0.712. The number of benzene rings is 1. The smallest absolute Gasteiger partial charge is 0.208 e. The molecule has 0 spiro atoms. The zero-order valence-corrected chi connectivity index (χ0v) is 15.2. The van der Waals surface area contributed by atoms with Crippen LogP contribution in [0, 0.1) is 0 Å². The summed E-state index contributed by atoms with van der Waals surface area (Å²) in [5.74, 6) is 0. The third kappa shape index (κ3) is 4.18. The van der Waals surface area contributed by atoms with E-state index < -0.39 is 0 Å². The molecule has 1 aromatic carbocycles. The van der Waals surface area contributed by atoms with Gasteiger partial charge in [0.2, 0.25) is 5.13 Å². The molecular formula is C14H17BrN4S2. The Morgan fingerprint density at radius 2 is 2.19 bits per heavy atom. The molecule has 2 aromatic rings. The third-order valence-electron chi connectivity index (χ3n) is 3.16. The van der Waals surface area contributed by atoms with E-state index in [1.54, 1.807) is 23.1 Å². The lowest BCUT2D eigenvalue weighted by atomic mass is 10.2. The average molecular weight is 385 g/mol. The summed E-state index contributed by atoms with van der Waals surface area (Å²) in [5, 5.41) is 13.0. The Kier molecular flexibility index (Phi) is 4.83. The van der Waals surface area contributed by atoms with Crippen LogP contribution in [0.15, 0.2) is 31.9 Å². The maximum Gasteiger partial charge on any atom is 0.208 e. The fourth-order valence-electron chi connectivity index (χ4n) is 1.85. The molecule has 0 aliphatic heterocycles. The molecule has 1 aliphatic rings. The third-order valence-corrected chi connectivity index (χ3v) is 5.91. The minimum absolute atomic E-state index is 0.712. The highest BCUT2D eigenvalue weighted by molar-refractivity contribution is 9.10. The molecule has 0 radical (unpaired) electrons. The topological polar surface area (TPSA) is 41.1 Å². The van der Waals surface area contributed by atoms with Crippen molar-refractivity contribution in [3.8, 4) is 0 Å². The summed E-state index contributed by atoms with van der Waals surface area (Å²) < 4.78 is 2.10. The first-order chi connectivity index (χ1) is 10.1. The number of hydrogen-bond acceptors (Lipinski definition) is 6. The zero-order chi connectivity index (χ0) is 14.8. The van der Waals surface area contributed by atoms with Gasteiger partial charge in [-0.05, 0) is 36.6 Å². The molecular weight excluding hydrogens is 368 g/mol. The van der Waals surface area contributed by atoms with Crippen LogP contribution in [0.3, 0.4) is 0 Å². The van der Waals surface area contributed by atoms with Crippen LogP contribution in [0.1, 0.15) is 18.4 Å². The second kappa shape index (κ2) is 6.64. The van der Waals surface area contributed by atoms with Crippen molar-refractivity contribution < 1.29 is 0 Å². The highest BCUT2D eigenvalue weighted by Crippen LogP contribution is 2.35. The zero-order valence-electron chi connectivity index (χ0n) is 12.0. The first kappa shape index (κ1) is 15.3. The van der Waals surface area contributed by atoms with E-state index in [1.807, 2.05) is 19.0 Å². The number of aromatic nitrogens is 2. The Hall–Kier alpha value is -0.630. The van der Waals surface area contributed by atoms with Crippen molar-refractivity contribution in [2.24, 2.45) is 0 Å². The molecule has 7 heteroatoms. The molecule has 1 heterocycles.